The largest absolute Gasteiger partial charge is 0.393 e. The molecule has 2 heteroatoms. The third-order valence-corrected chi connectivity index (χ3v) is 3.46. The molecule has 0 heterocycles. The number of hydrogen-bond donors (Lipinski definition) is 1. The van der Waals surface area contributed by atoms with Crippen LogP contribution in [0.15, 0.2) is 0 Å². The summed E-state index contributed by atoms with van der Waals surface area (Å²) in [6.07, 6.45) is 4.56. The zero-order valence-electron chi connectivity index (χ0n) is 10.2. The zero-order chi connectivity index (χ0) is 11.0. The van der Waals surface area contributed by atoms with Crippen LogP contribution in [0.3, 0.4) is 0 Å². The molecule has 0 aliphatic carbocycles. The Bertz CT molecular complexity index is 129. The van der Waals surface area contributed by atoms with Crippen LogP contribution in [0.2, 0.25) is 0 Å². The quantitative estimate of drug-likeness (QED) is 0.657. The van der Waals surface area contributed by atoms with E-state index in [1.807, 2.05) is 11.8 Å². The Morgan fingerprint density at radius 2 is 1.79 bits per heavy atom. The molecule has 86 valence electrons. The van der Waals surface area contributed by atoms with Gasteiger partial charge in [-0.3, -0.25) is 0 Å². The summed E-state index contributed by atoms with van der Waals surface area (Å²) in [6.45, 7) is 8.51. The van der Waals surface area contributed by atoms with Crippen LogP contribution < -0.4 is 0 Å². The van der Waals surface area contributed by atoms with Gasteiger partial charge in [-0.05, 0) is 29.8 Å². The lowest BCUT2D eigenvalue weighted by molar-refractivity contribution is 0.0535. The molecule has 0 saturated carbocycles. The molecule has 1 N–H and O–H groups in total. The standard InChI is InChI=1S/C12H26OS/c1-5-14-10-8-6-7-9-11(13)12(2,3)4/h11,13H,5-10H2,1-4H3. The van der Waals surface area contributed by atoms with Gasteiger partial charge in [0.25, 0.3) is 0 Å². The predicted molar refractivity (Wildman–Crippen MR) is 66.9 cm³/mol. The van der Waals surface area contributed by atoms with Gasteiger partial charge in [0.1, 0.15) is 0 Å². The molecule has 0 fully saturated rings. The maximum absolute atomic E-state index is 9.78. The molecule has 0 aromatic carbocycles. The lowest BCUT2D eigenvalue weighted by Crippen LogP contribution is -2.25. The summed E-state index contributed by atoms with van der Waals surface area (Å²) in [4.78, 5) is 0. The van der Waals surface area contributed by atoms with E-state index in [1.165, 1.54) is 30.8 Å². The van der Waals surface area contributed by atoms with Crippen LogP contribution >= 0.6 is 11.8 Å². The Labute approximate surface area is 93.7 Å². The lowest BCUT2D eigenvalue weighted by Gasteiger charge is -2.25. The Morgan fingerprint density at radius 1 is 1.14 bits per heavy atom. The monoisotopic (exact) mass is 218 g/mol. The molecule has 0 bridgehead atoms. The second-order valence-corrected chi connectivity index (χ2v) is 6.32. The van der Waals surface area contributed by atoms with Crippen molar-refractivity contribution in [2.24, 2.45) is 5.41 Å². The first-order valence-electron chi connectivity index (χ1n) is 5.74. The minimum absolute atomic E-state index is 0.0537. The van der Waals surface area contributed by atoms with Gasteiger partial charge in [-0.1, -0.05) is 40.5 Å². The number of thioether (sulfide) groups is 1. The summed E-state index contributed by atoms with van der Waals surface area (Å²) in [6, 6.07) is 0. The molecule has 1 nitrogen and oxygen atoms in total. The normalized spacial score (nSPS) is 14.4. The molecule has 1 atom stereocenters. The number of hydrogen-bond acceptors (Lipinski definition) is 2. The number of unbranched alkanes of at least 4 members (excludes halogenated alkanes) is 2. The Hall–Kier alpha value is 0.310. The van der Waals surface area contributed by atoms with Crippen molar-refractivity contribution < 1.29 is 5.11 Å². The highest BCUT2D eigenvalue weighted by molar-refractivity contribution is 7.99. The van der Waals surface area contributed by atoms with Gasteiger partial charge in [0.2, 0.25) is 0 Å². The van der Waals surface area contributed by atoms with Gasteiger partial charge in [-0.25, -0.2) is 0 Å². The number of aliphatic hydroxyl groups is 1. The van der Waals surface area contributed by atoms with Crippen LogP contribution in [0.25, 0.3) is 0 Å². The number of aliphatic hydroxyl groups excluding tert-OH is 1. The van der Waals surface area contributed by atoms with Gasteiger partial charge in [0.15, 0.2) is 0 Å². The first-order chi connectivity index (χ1) is 6.48. The van der Waals surface area contributed by atoms with Gasteiger partial charge < -0.3 is 5.11 Å². The molecule has 0 rings (SSSR count). The van der Waals surface area contributed by atoms with Crippen molar-refractivity contribution in [1.29, 1.82) is 0 Å². The minimum atomic E-state index is -0.138. The fourth-order valence-electron chi connectivity index (χ4n) is 1.30. The minimum Gasteiger partial charge on any atom is -0.393 e. The van der Waals surface area contributed by atoms with Crippen LogP contribution in [0.5, 0.6) is 0 Å². The van der Waals surface area contributed by atoms with Crippen molar-refractivity contribution in [3.63, 3.8) is 0 Å². The second-order valence-electron chi connectivity index (χ2n) is 4.93. The molecule has 0 amide bonds. The first-order valence-corrected chi connectivity index (χ1v) is 6.89. The fourth-order valence-corrected chi connectivity index (χ4v) is 1.99. The van der Waals surface area contributed by atoms with Gasteiger partial charge in [0, 0.05) is 0 Å². The maximum atomic E-state index is 9.78. The first kappa shape index (κ1) is 14.3. The van der Waals surface area contributed by atoms with E-state index in [1.54, 1.807) is 0 Å². The van der Waals surface area contributed by atoms with Gasteiger partial charge in [0.05, 0.1) is 6.10 Å². The van der Waals surface area contributed by atoms with E-state index < -0.39 is 0 Å². The van der Waals surface area contributed by atoms with Crippen LogP contribution in [-0.2, 0) is 0 Å². The SMILES string of the molecule is CCSCCCCCC(O)C(C)(C)C. The summed E-state index contributed by atoms with van der Waals surface area (Å²) >= 11 is 2.01. The highest BCUT2D eigenvalue weighted by Crippen LogP contribution is 2.23. The average molecular weight is 218 g/mol. The smallest absolute Gasteiger partial charge is 0.0588 e. The van der Waals surface area contributed by atoms with E-state index >= 15 is 0 Å². The van der Waals surface area contributed by atoms with Crippen molar-refractivity contribution in [3.8, 4) is 0 Å². The van der Waals surface area contributed by atoms with Crippen LogP contribution in [0, 0.1) is 5.41 Å². The topological polar surface area (TPSA) is 20.2 Å². The van der Waals surface area contributed by atoms with Crippen molar-refractivity contribution in [3.05, 3.63) is 0 Å². The molecule has 0 aromatic heterocycles. The van der Waals surface area contributed by atoms with Crippen molar-refractivity contribution >= 4 is 11.8 Å². The van der Waals surface area contributed by atoms with Crippen LogP contribution in [0.1, 0.15) is 53.4 Å². The summed E-state index contributed by atoms with van der Waals surface area (Å²) in [7, 11) is 0. The van der Waals surface area contributed by atoms with E-state index in [9.17, 15) is 5.11 Å². The predicted octanol–water partition coefficient (Wildman–Crippen LogP) is 3.71. The Balaban J connectivity index is 3.28. The van der Waals surface area contributed by atoms with Crippen molar-refractivity contribution in [2.75, 3.05) is 11.5 Å². The highest BCUT2D eigenvalue weighted by Gasteiger charge is 2.20. The molecule has 1 unspecified atom stereocenters. The Kier molecular flexibility index (Phi) is 7.75. The molecule has 0 spiro atoms. The Morgan fingerprint density at radius 3 is 2.29 bits per heavy atom. The molecular weight excluding hydrogens is 192 g/mol. The second kappa shape index (κ2) is 7.58. The fraction of sp³-hybridized carbons (Fsp3) is 1.00. The lowest BCUT2D eigenvalue weighted by atomic mass is 9.86. The van der Waals surface area contributed by atoms with Gasteiger partial charge in [-0.15, -0.1) is 0 Å². The summed E-state index contributed by atoms with van der Waals surface area (Å²) in [5.41, 5.74) is 0.0537. The summed E-state index contributed by atoms with van der Waals surface area (Å²) in [5, 5.41) is 9.78. The molecule has 0 aromatic rings. The molecule has 0 aliphatic heterocycles. The molecule has 0 saturated heterocycles. The summed E-state index contributed by atoms with van der Waals surface area (Å²) < 4.78 is 0. The molecule has 0 aliphatic rings. The third-order valence-electron chi connectivity index (χ3n) is 2.47. The van der Waals surface area contributed by atoms with E-state index in [0.29, 0.717) is 0 Å². The zero-order valence-corrected chi connectivity index (χ0v) is 11.0. The summed E-state index contributed by atoms with van der Waals surface area (Å²) in [5.74, 6) is 2.51. The van der Waals surface area contributed by atoms with E-state index in [4.69, 9.17) is 0 Å². The van der Waals surface area contributed by atoms with E-state index in [-0.39, 0.29) is 11.5 Å². The van der Waals surface area contributed by atoms with E-state index in [2.05, 4.69) is 27.7 Å². The molecule has 0 radical (unpaired) electrons. The molecule has 14 heavy (non-hydrogen) atoms. The van der Waals surface area contributed by atoms with Crippen molar-refractivity contribution in [2.45, 2.75) is 59.5 Å². The van der Waals surface area contributed by atoms with Gasteiger partial charge >= 0.3 is 0 Å². The number of rotatable bonds is 7. The highest BCUT2D eigenvalue weighted by atomic mass is 32.2. The van der Waals surface area contributed by atoms with Crippen molar-refractivity contribution in [1.82, 2.24) is 0 Å². The van der Waals surface area contributed by atoms with Gasteiger partial charge in [-0.2, -0.15) is 11.8 Å². The maximum Gasteiger partial charge on any atom is 0.0588 e. The molecular formula is C12H26OS. The average Bonchev–Trinajstić information content (AvgIpc) is 2.09. The van der Waals surface area contributed by atoms with Crippen LogP contribution in [-0.4, -0.2) is 22.7 Å². The third kappa shape index (κ3) is 7.69. The van der Waals surface area contributed by atoms with Crippen LogP contribution in [0.4, 0.5) is 0 Å². The van der Waals surface area contributed by atoms with E-state index in [0.717, 1.165) is 6.42 Å².